The van der Waals surface area contributed by atoms with Crippen molar-refractivity contribution >= 4 is 11.6 Å². The summed E-state index contributed by atoms with van der Waals surface area (Å²) in [6.07, 6.45) is 1.49. The van der Waals surface area contributed by atoms with Gasteiger partial charge in [0.2, 0.25) is 5.91 Å². The maximum absolute atomic E-state index is 12.2. The van der Waals surface area contributed by atoms with Gasteiger partial charge in [0.05, 0.1) is 0 Å². The Morgan fingerprint density at radius 3 is 2.70 bits per heavy atom. The summed E-state index contributed by atoms with van der Waals surface area (Å²) in [6.45, 7) is 5.58. The highest BCUT2D eigenvalue weighted by atomic mass is 16.2. The Morgan fingerprint density at radius 1 is 1.25 bits per heavy atom. The summed E-state index contributed by atoms with van der Waals surface area (Å²) in [4.78, 5) is 23.9. The molecule has 0 aliphatic heterocycles. The summed E-state index contributed by atoms with van der Waals surface area (Å²) in [5, 5.41) is 6.76. The van der Waals surface area contributed by atoms with Gasteiger partial charge in [0.25, 0.3) is 5.56 Å². The van der Waals surface area contributed by atoms with Crippen LogP contribution < -0.4 is 10.9 Å². The number of carbonyl (C=O) groups is 1. The minimum atomic E-state index is -0.663. The number of nitrogens with one attached hydrogen (secondary N) is 1. The summed E-state index contributed by atoms with van der Waals surface area (Å²) < 4.78 is 1.17. The lowest BCUT2D eigenvalue weighted by Crippen LogP contribution is -2.32. The fraction of sp³-hybridized carbons (Fsp3) is 0.267. The van der Waals surface area contributed by atoms with Crippen LogP contribution in [0.1, 0.15) is 24.1 Å². The van der Waals surface area contributed by atoms with Crippen LogP contribution in [0.15, 0.2) is 41.3 Å². The molecule has 0 bridgehead atoms. The minimum Gasteiger partial charge on any atom is -0.324 e. The van der Waals surface area contributed by atoms with Crippen molar-refractivity contribution in [1.29, 1.82) is 0 Å². The third-order valence-electron chi connectivity index (χ3n) is 3.35. The van der Waals surface area contributed by atoms with Crippen LogP contribution in [0.25, 0.3) is 0 Å². The van der Waals surface area contributed by atoms with Crippen LogP contribution in [0, 0.1) is 13.8 Å². The van der Waals surface area contributed by atoms with E-state index in [4.69, 9.17) is 0 Å². The lowest BCUT2D eigenvalue weighted by Gasteiger charge is -2.15. The molecule has 1 heterocycles. The van der Waals surface area contributed by atoms with Gasteiger partial charge in [0.15, 0.2) is 0 Å². The van der Waals surface area contributed by atoms with Crippen LogP contribution in [0.4, 0.5) is 5.69 Å². The average molecular weight is 271 g/mol. The first-order valence-electron chi connectivity index (χ1n) is 6.41. The van der Waals surface area contributed by atoms with Gasteiger partial charge in [-0.2, -0.15) is 5.10 Å². The molecule has 2 rings (SSSR count). The molecule has 0 saturated heterocycles. The number of rotatable bonds is 3. The summed E-state index contributed by atoms with van der Waals surface area (Å²) in [5.41, 5.74) is 2.58. The average Bonchev–Trinajstić information content (AvgIpc) is 2.43. The van der Waals surface area contributed by atoms with Crippen LogP contribution >= 0.6 is 0 Å². The Labute approximate surface area is 117 Å². The van der Waals surface area contributed by atoms with E-state index in [1.807, 2.05) is 32.0 Å². The van der Waals surface area contributed by atoms with Gasteiger partial charge in [0.1, 0.15) is 6.04 Å². The summed E-state index contributed by atoms with van der Waals surface area (Å²) in [7, 11) is 0. The van der Waals surface area contributed by atoms with E-state index in [2.05, 4.69) is 10.4 Å². The fourth-order valence-corrected chi connectivity index (χ4v) is 1.89. The van der Waals surface area contributed by atoms with Crippen molar-refractivity contribution in [1.82, 2.24) is 9.78 Å². The number of nitrogens with zero attached hydrogens (tertiary/aromatic N) is 2. The van der Waals surface area contributed by atoms with Gasteiger partial charge in [-0.1, -0.05) is 12.1 Å². The maximum Gasteiger partial charge on any atom is 0.267 e. The first kappa shape index (κ1) is 14.0. The first-order chi connectivity index (χ1) is 9.50. The third kappa shape index (κ3) is 2.77. The van der Waals surface area contributed by atoms with Gasteiger partial charge in [-0.25, -0.2) is 4.68 Å². The van der Waals surface area contributed by atoms with Crippen molar-refractivity contribution in [3.8, 4) is 0 Å². The zero-order valence-corrected chi connectivity index (χ0v) is 11.8. The molecule has 1 aromatic carbocycles. The van der Waals surface area contributed by atoms with Crippen LogP contribution in [0.2, 0.25) is 0 Å². The van der Waals surface area contributed by atoms with Gasteiger partial charge >= 0.3 is 0 Å². The molecule has 1 atom stereocenters. The van der Waals surface area contributed by atoms with E-state index >= 15 is 0 Å². The molecular weight excluding hydrogens is 254 g/mol. The highest BCUT2D eigenvalue weighted by Crippen LogP contribution is 2.19. The van der Waals surface area contributed by atoms with Crippen molar-refractivity contribution in [2.75, 3.05) is 5.32 Å². The Balaban J connectivity index is 2.23. The molecule has 1 aromatic heterocycles. The van der Waals surface area contributed by atoms with Crippen molar-refractivity contribution in [2.24, 2.45) is 0 Å². The second kappa shape index (κ2) is 5.69. The number of amides is 1. The Hall–Kier alpha value is -2.43. The molecule has 5 nitrogen and oxygen atoms in total. The second-order valence-electron chi connectivity index (χ2n) is 4.72. The van der Waals surface area contributed by atoms with Crippen molar-refractivity contribution in [2.45, 2.75) is 26.8 Å². The number of anilines is 1. The molecule has 104 valence electrons. The van der Waals surface area contributed by atoms with Crippen molar-refractivity contribution in [3.05, 3.63) is 58.0 Å². The van der Waals surface area contributed by atoms with Gasteiger partial charge in [-0.3, -0.25) is 9.59 Å². The number of hydrogen-bond acceptors (Lipinski definition) is 3. The molecule has 1 amide bonds. The molecule has 2 aromatic rings. The Bertz CT molecular complexity index is 692. The third-order valence-corrected chi connectivity index (χ3v) is 3.35. The summed E-state index contributed by atoms with van der Waals surface area (Å²) in [6, 6.07) is 7.98. The number of aromatic nitrogens is 2. The van der Waals surface area contributed by atoms with E-state index in [1.54, 1.807) is 13.0 Å². The number of carbonyl (C=O) groups excluding carboxylic acids is 1. The topological polar surface area (TPSA) is 64.0 Å². The zero-order chi connectivity index (χ0) is 14.7. The second-order valence-corrected chi connectivity index (χ2v) is 4.72. The van der Waals surface area contributed by atoms with E-state index in [0.29, 0.717) is 0 Å². The molecule has 0 aliphatic rings. The van der Waals surface area contributed by atoms with Crippen LogP contribution in [0.5, 0.6) is 0 Å². The van der Waals surface area contributed by atoms with Gasteiger partial charge < -0.3 is 5.32 Å². The highest BCUT2D eigenvalue weighted by Gasteiger charge is 2.17. The number of benzene rings is 1. The smallest absolute Gasteiger partial charge is 0.267 e. The lowest BCUT2D eigenvalue weighted by atomic mass is 10.1. The molecule has 0 radical (unpaired) electrons. The molecule has 0 aliphatic carbocycles. The monoisotopic (exact) mass is 271 g/mol. The minimum absolute atomic E-state index is 0.264. The largest absolute Gasteiger partial charge is 0.324 e. The quantitative estimate of drug-likeness (QED) is 0.929. The number of hydrogen-bond donors (Lipinski definition) is 1. The standard InChI is InChI=1S/C15H17N3O2/c1-10-6-4-7-13(11(10)2)17-15(20)12(3)18-14(19)8-5-9-16-18/h4-9,12H,1-3H3,(H,17,20)/t12-/m0/s1. The predicted octanol–water partition coefficient (Wildman–Crippen LogP) is 2.06. The van der Waals surface area contributed by atoms with Crippen LogP contribution in [-0.4, -0.2) is 15.7 Å². The molecule has 0 saturated carbocycles. The van der Waals surface area contributed by atoms with Crippen LogP contribution in [-0.2, 0) is 4.79 Å². The molecule has 0 fully saturated rings. The molecule has 0 unspecified atom stereocenters. The zero-order valence-electron chi connectivity index (χ0n) is 11.8. The molecule has 5 heteroatoms. The van der Waals surface area contributed by atoms with Gasteiger partial charge in [-0.05, 0) is 44.0 Å². The van der Waals surface area contributed by atoms with Crippen molar-refractivity contribution in [3.63, 3.8) is 0 Å². The summed E-state index contributed by atoms with van der Waals surface area (Å²) in [5.74, 6) is -0.264. The van der Waals surface area contributed by atoms with E-state index in [1.165, 1.54) is 16.9 Å². The normalized spacial score (nSPS) is 11.9. The molecular formula is C15H17N3O2. The molecule has 1 N–H and O–H groups in total. The molecule has 0 spiro atoms. The van der Waals surface area contributed by atoms with Crippen LogP contribution in [0.3, 0.4) is 0 Å². The van der Waals surface area contributed by atoms with Gasteiger partial charge in [0, 0.05) is 18.0 Å². The Kier molecular flexibility index (Phi) is 3.98. The van der Waals surface area contributed by atoms with E-state index in [9.17, 15) is 9.59 Å². The maximum atomic E-state index is 12.2. The fourth-order valence-electron chi connectivity index (χ4n) is 1.89. The number of aryl methyl sites for hydroxylation is 1. The SMILES string of the molecule is Cc1cccc(NC(=O)[C@H](C)n2ncccc2=O)c1C. The highest BCUT2D eigenvalue weighted by molar-refractivity contribution is 5.94. The molecule has 20 heavy (non-hydrogen) atoms. The predicted molar refractivity (Wildman–Crippen MR) is 77.8 cm³/mol. The first-order valence-corrected chi connectivity index (χ1v) is 6.41. The van der Waals surface area contributed by atoms with E-state index in [0.717, 1.165) is 16.8 Å². The lowest BCUT2D eigenvalue weighted by molar-refractivity contribution is -0.119. The van der Waals surface area contributed by atoms with E-state index < -0.39 is 6.04 Å². The van der Waals surface area contributed by atoms with Crippen molar-refractivity contribution < 1.29 is 4.79 Å². The van der Waals surface area contributed by atoms with Gasteiger partial charge in [-0.15, -0.1) is 0 Å². The van der Waals surface area contributed by atoms with E-state index in [-0.39, 0.29) is 11.5 Å². The Morgan fingerprint density at radius 2 is 2.00 bits per heavy atom. The summed E-state index contributed by atoms with van der Waals surface area (Å²) >= 11 is 0.